The fourth-order valence-electron chi connectivity index (χ4n) is 1.41. The first-order chi connectivity index (χ1) is 9.01. The highest BCUT2D eigenvalue weighted by Gasteiger charge is 2.21. The zero-order valence-electron chi connectivity index (χ0n) is 9.82. The number of pyridine rings is 1. The second-order valence-electron chi connectivity index (χ2n) is 3.53. The Balaban J connectivity index is 3.08. The zero-order valence-corrected chi connectivity index (χ0v) is 10.6. The van der Waals surface area contributed by atoms with Crippen LogP contribution in [0.4, 0.5) is 5.69 Å². The van der Waals surface area contributed by atoms with Crippen LogP contribution in [0.2, 0.25) is 5.15 Å². The van der Waals surface area contributed by atoms with Gasteiger partial charge in [-0.15, -0.1) is 0 Å². The van der Waals surface area contributed by atoms with Gasteiger partial charge in [0.2, 0.25) is 0 Å². The molecule has 1 heterocycles. The molecule has 0 saturated carbocycles. The Morgan fingerprint density at radius 3 is 2.47 bits per heavy atom. The van der Waals surface area contributed by atoms with E-state index in [0.29, 0.717) is 0 Å². The molecule has 0 fully saturated rings. The van der Waals surface area contributed by atoms with Gasteiger partial charge in [-0.05, 0) is 0 Å². The molecule has 0 bridgehead atoms. The maximum Gasteiger partial charge on any atom is 0.288 e. The van der Waals surface area contributed by atoms with Crippen LogP contribution in [0.15, 0.2) is 12.3 Å². The standard InChI is InChI=1S/C10H12ClN3O5/c11-9-8(5-7(6-12-9)14(18)19)10(17)13(1-3-15)2-4-16/h5-6,15-16H,1-4H2. The molecular weight excluding hydrogens is 278 g/mol. The minimum Gasteiger partial charge on any atom is -0.395 e. The lowest BCUT2D eigenvalue weighted by Gasteiger charge is -2.20. The van der Waals surface area contributed by atoms with Crippen molar-refractivity contribution in [3.05, 3.63) is 33.1 Å². The van der Waals surface area contributed by atoms with Crippen LogP contribution in [0.3, 0.4) is 0 Å². The van der Waals surface area contributed by atoms with E-state index in [-0.39, 0.29) is 42.7 Å². The van der Waals surface area contributed by atoms with Crippen LogP contribution < -0.4 is 0 Å². The first-order valence-corrected chi connectivity index (χ1v) is 5.70. The molecule has 19 heavy (non-hydrogen) atoms. The van der Waals surface area contributed by atoms with Crippen molar-refractivity contribution in [3.63, 3.8) is 0 Å². The number of aromatic nitrogens is 1. The number of carbonyl (C=O) groups excluding carboxylic acids is 1. The predicted octanol–water partition coefficient (Wildman–Crippen LogP) is 0.0700. The van der Waals surface area contributed by atoms with Crippen LogP contribution in [0.25, 0.3) is 0 Å². The monoisotopic (exact) mass is 289 g/mol. The van der Waals surface area contributed by atoms with Crippen molar-refractivity contribution >= 4 is 23.2 Å². The van der Waals surface area contributed by atoms with Crippen molar-refractivity contribution in [1.29, 1.82) is 0 Å². The molecule has 0 aliphatic heterocycles. The molecule has 9 heteroatoms. The van der Waals surface area contributed by atoms with Crippen molar-refractivity contribution in [2.24, 2.45) is 0 Å². The number of nitro groups is 1. The molecule has 1 aromatic rings. The summed E-state index contributed by atoms with van der Waals surface area (Å²) in [7, 11) is 0. The Kier molecular flexibility index (Phi) is 5.61. The lowest BCUT2D eigenvalue weighted by molar-refractivity contribution is -0.385. The lowest BCUT2D eigenvalue weighted by atomic mass is 10.2. The number of aliphatic hydroxyl groups excluding tert-OH is 2. The number of carbonyl (C=O) groups is 1. The largest absolute Gasteiger partial charge is 0.395 e. The molecule has 0 atom stereocenters. The summed E-state index contributed by atoms with van der Waals surface area (Å²) >= 11 is 5.73. The van der Waals surface area contributed by atoms with E-state index in [2.05, 4.69) is 4.98 Å². The minimum absolute atomic E-state index is 0.0155. The topological polar surface area (TPSA) is 117 Å². The third kappa shape index (κ3) is 3.85. The number of amides is 1. The van der Waals surface area contributed by atoms with Crippen LogP contribution in [0.1, 0.15) is 10.4 Å². The Morgan fingerprint density at radius 1 is 1.42 bits per heavy atom. The lowest BCUT2D eigenvalue weighted by Crippen LogP contribution is -2.36. The van der Waals surface area contributed by atoms with Gasteiger partial charge in [0.05, 0.1) is 23.7 Å². The van der Waals surface area contributed by atoms with Gasteiger partial charge in [-0.1, -0.05) is 11.6 Å². The molecule has 1 amide bonds. The average Bonchev–Trinajstić information content (AvgIpc) is 2.38. The van der Waals surface area contributed by atoms with E-state index in [9.17, 15) is 14.9 Å². The zero-order chi connectivity index (χ0) is 14.4. The van der Waals surface area contributed by atoms with Crippen molar-refractivity contribution in [2.45, 2.75) is 0 Å². The summed E-state index contributed by atoms with van der Waals surface area (Å²) in [6.07, 6.45) is 0.946. The predicted molar refractivity (Wildman–Crippen MR) is 66.0 cm³/mol. The first-order valence-electron chi connectivity index (χ1n) is 5.32. The molecule has 2 N–H and O–H groups in total. The Bertz CT molecular complexity index is 476. The van der Waals surface area contributed by atoms with E-state index >= 15 is 0 Å². The molecule has 0 spiro atoms. The molecule has 0 aliphatic carbocycles. The summed E-state index contributed by atoms with van der Waals surface area (Å²) in [5.41, 5.74) is -0.501. The number of hydrogen-bond acceptors (Lipinski definition) is 6. The van der Waals surface area contributed by atoms with Crippen LogP contribution in [-0.2, 0) is 0 Å². The van der Waals surface area contributed by atoms with E-state index in [4.69, 9.17) is 21.8 Å². The number of nitrogens with zero attached hydrogens (tertiary/aromatic N) is 3. The van der Waals surface area contributed by atoms with Gasteiger partial charge in [0.25, 0.3) is 11.6 Å². The molecule has 8 nitrogen and oxygen atoms in total. The summed E-state index contributed by atoms with van der Waals surface area (Å²) in [5.74, 6) is -0.635. The van der Waals surface area contributed by atoms with Gasteiger partial charge in [0.15, 0.2) is 0 Å². The van der Waals surface area contributed by atoms with E-state index in [0.717, 1.165) is 17.2 Å². The Hall–Kier alpha value is -1.77. The SMILES string of the molecule is O=C(c1cc([N+](=O)[O-])cnc1Cl)N(CCO)CCO. The van der Waals surface area contributed by atoms with Crippen molar-refractivity contribution < 1.29 is 19.9 Å². The summed E-state index contributed by atoms with van der Waals surface area (Å²) in [6, 6.07) is 1.01. The maximum atomic E-state index is 12.1. The van der Waals surface area contributed by atoms with Gasteiger partial charge in [0.1, 0.15) is 11.3 Å². The minimum atomic E-state index is -0.692. The highest BCUT2D eigenvalue weighted by atomic mass is 35.5. The summed E-state index contributed by atoms with van der Waals surface area (Å²) < 4.78 is 0. The molecule has 1 rings (SSSR count). The van der Waals surface area contributed by atoms with Crippen molar-refractivity contribution in [2.75, 3.05) is 26.3 Å². The van der Waals surface area contributed by atoms with E-state index < -0.39 is 10.8 Å². The molecule has 1 aromatic heterocycles. The van der Waals surface area contributed by atoms with E-state index in [1.54, 1.807) is 0 Å². The van der Waals surface area contributed by atoms with E-state index in [1.807, 2.05) is 0 Å². The quantitative estimate of drug-likeness (QED) is 0.435. The van der Waals surface area contributed by atoms with Crippen LogP contribution in [-0.4, -0.2) is 57.2 Å². The Labute approximate surface area is 113 Å². The fraction of sp³-hybridized carbons (Fsp3) is 0.400. The van der Waals surface area contributed by atoms with Crippen LogP contribution in [0.5, 0.6) is 0 Å². The Morgan fingerprint density at radius 2 is 2.00 bits per heavy atom. The molecule has 0 radical (unpaired) electrons. The number of halogens is 1. The second-order valence-corrected chi connectivity index (χ2v) is 3.89. The third-order valence-corrected chi connectivity index (χ3v) is 2.59. The molecule has 0 aliphatic rings. The summed E-state index contributed by atoms with van der Waals surface area (Å²) in [6.45, 7) is -0.631. The molecular formula is C10H12ClN3O5. The van der Waals surface area contributed by atoms with Gasteiger partial charge in [0, 0.05) is 19.2 Å². The van der Waals surface area contributed by atoms with Gasteiger partial charge in [-0.25, -0.2) is 4.98 Å². The normalized spacial score (nSPS) is 10.3. The second kappa shape index (κ2) is 6.98. The highest BCUT2D eigenvalue weighted by molar-refractivity contribution is 6.32. The van der Waals surface area contributed by atoms with Gasteiger partial charge >= 0.3 is 0 Å². The van der Waals surface area contributed by atoms with Gasteiger partial charge in [-0.2, -0.15) is 0 Å². The van der Waals surface area contributed by atoms with Crippen molar-refractivity contribution in [3.8, 4) is 0 Å². The molecule has 0 aromatic carbocycles. The smallest absolute Gasteiger partial charge is 0.288 e. The maximum absolute atomic E-state index is 12.1. The third-order valence-electron chi connectivity index (χ3n) is 2.29. The summed E-state index contributed by atoms with van der Waals surface area (Å²) in [5, 5.41) is 28.1. The molecule has 0 saturated heterocycles. The van der Waals surface area contributed by atoms with Crippen LogP contribution in [0, 0.1) is 10.1 Å². The van der Waals surface area contributed by atoms with E-state index in [1.165, 1.54) is 0 Å². The summed E-state index contributed by atoms with van der Waals surface area (Å²) in [4.78, 5) is 26.7. The van der Waals surface area contributed by atoms with Gasteiger partial charge in [-0.3, -0.25) is 14.9 Å². The highest BCUT2D eigenvalue weighted by Crippen LogP contribution is 2.20. The fourth-order valence-corrected chi connectivity index (χ4v) is 1.60. The van der Waals surface area contributed by atoms with Crippen LogP contribution >= 0.6 is 11.6 Å². The number of hydrogen-bond donors (Lipinski definition) is 2. The number of aliphatic hydroxyl groups is 2. The van der Waals surface area contributed by atoms with Crippen molar-refractivity contribution in [1.82, 2.24) is 9.88 Å². The molecule has 104 valence electrons. The molecule has 0 unspecified atom stereocenters. The number of rotatable bonds is 6. The average molecular weight is 290 g/mol. The first kappa shape index (κ1) is 15.3. The van der Waals surface area contributed by atoms with Gasteiger partial charge < -0.3 is 15.1 Å².